The van der Waals surface area contributed by atoms with Crippen LogP contribution in [0.2, 0.25) is 5.02 Å². The Morgan fingerprint density at radius 2 is 1.88 bits per heavy atom. The van der Waals surface area contributed by atoms with Crippen molar-refractivity contribution in [1.82, 2.24) is 0 Å². The van der Waals surface area contributed by atoms with Crippen LogP contribution in [0.4, 0.5) is 4.39 Å². The van der Waals surface area contributed by atoms with E-state index in [1.54, 1.807) is 6.07 Å². The first-order chi connectivity index (χ1) is 7.58. The first kappa shape index (κ1) is 13.8. The molecule has 1 aromatic rings. The number of hydrogen-bond acceptors (Lipinski definition) is 0. The zero-order chi connectivity index (χ0) is 12.2. The lowest BCUT2D eigenvalue weighted by Gasteiger charge is -2.29. The van der Waals surface area contributed by atoms with Crippen molar-refractivity contribution in [2.45, 2.75) is 33.1 Å². The lowest BCUT2D eigenvalue weighted by molar-refractivity contribution is 0.301. The summed E-state index contributed by atoms with van der Waals surface area (Å²) in [6.45, 7) is 4.22. The van der Waals surface area contributed by atoms with Gasteiger partial charge in [-0.2, -0.15) is 0 Å². The average molecular weight is 263 g/mol. The molecule has 0 unspecified atom stereocenters. The fourth-order valence-electron chi connectivity index (χ4n) is 1.83. The van der Waals surface area contributed by atoms with E-state index >= 15 is 0 Å². The Bertz CT molecular complexity index is 338. The van der Waals surface area contributed by atoms with Crippen LogP contribution in [0.15, 0.2) is 18.2 Å². The lowest BCUT2D eigenvalue weighted by atomic mass is 9.79. The predicted octanol–water partition coefficient (Wildman–Crippen LogP) is 5.07. The summed E-state index contributed by atoms with van der Waals surface area (Å²) < 4.78 is 13.3. The van der Waals surface area contributed by atoms with Crippen LogP contribution >= 0.6 is 23.2 Å². The van der Waals surface area contributed by atoms with Crippen molar-refractivity contribution in [3.63, 3.8) is 0 Å². The Kier molecular flexibility index (Phi) is 5.07. The van der Waals surface area contributed by atoms with Gasteiger partial charge in [-0.1, -0.05) is 37.6 Å². The molecule has 0 aromatic heterocycles. The summed E-state index contributed by atoms with van der Waals surface area (Å²) >= 11 is 12.0. The van der Waals surface area contributed by atoms with Crippen LogP contribution in [0.1, 0.15) is 32.3 Å². The molecule has 0 fully saturated rings. The normalized spacial score (nSPS) is 11.8. The number of rotatable bonds is 5. The second-order valence-electron chi connectivity index (χ2n) is 4.23. The van der Waals surface area contributed by atoms with Gasteiger partial charge < -0.3 is 0 Å². The van der Waals surface area contributed by atoms with E-state index in [0.29, 0.717) is 5.88 Å². The van der Waals surface area contributed by atoms with E-state index in [1.807, 2.05) is 6.07 Å². The van der Waals surface area contributed by atoms with Crippen LogP contribution in [0, 0.1) is 11.2 Å². The van der Waals surface area contributed by atoms with Crippen molar-refractivity contribution < 1.29 is 4.39 Å². The van der Waals surface area contributed by atoms with E-state index in [-0.39, 0.29) is 16.3 Å². The summed E-state index contributed by atoms with van der Waals surface area (Å²) in [4.78, 5) is 0. The lowest BCUT2D eigenvalue weighted by Crippen LogP contribution is -2.24. The highest BCUT2D eigenvalue weighted by Gasteiger charge is 2.26. The van der Waals surface area contributed by atoms with E-state index in [2.05, 4.69) is 13.8 Å². The zero-order valence-electron chi connectivity index (χ0n) is 9.69. The van der Waals surface area contributed by atoms with Gasteiger partial charge in [0.25, 0.3) is 0 Å². The molecule has 0 amide bonds. The van der Waals surface area contributed by atoms with Crippen LogP contribution in [0.3, 0.4) is 0 Å². The number of alkyl halides is 1. The van der Waals surface area contributed by atoms with Crippen LogP contribution < -0.4 is 0 Å². The standard InChI is InChI=1S/C13H17Cl2F/c1-3-13(4-2,9-14)8-10-6-5-7-11(16)12(10)15/h5-7H,3-4,8-9H2,1-2H3. The molecule has 0 spiro atoms. The molecule has 0 bridgehead atoms. The van der Waals surface area contributed by atoms with Gasteiger partial charge in [-0.15, -0.1) is 11.6 Å². The third-order valence-electron chi connectivity index (χ3n) is 3.38. The van der Waals surface area contributed by atoms with Crippen molar-refractivity contribution in [3.8, 4) is 0 Å². The molecular weight excluding hydrogens is 246 g/mol. The largest absolute Gasteiger partial charge is 0.205 e. The Hall–Kier alpha value is -0.270. The number of hydrogen-bond donors (Lipinski definition) is 0. The topological polar surface area (TPSA) is 0 Å². The second kappa shape index (κ2) is 5.88. The highest BCUT2D eigenvalue weighted by atomic mass is 35.5. The quantitative estimate of drug-likeness (QED) is 0.651. The second-order valence-corrected chi connectivity index (χ2v) is 4.88. The molecular formula is C13H17Cl2F. The van der Waals surface area contributed by atoms with E-state index in [0.717, 1.165) is 24.8 Å². The molecule has 90 valence electrons. The van der Waals surface area contributed by atoms with Gasteiger partial charge in [-0.05, 0) is 36.3 Å². The maximum Gasteiger partial charge on any atom is 0.142 e. The third kappa shape index (κ3) is 2.89. The SMILES string of the molecule is CCC(CC)(CCl)Cc1cccc(F)c1Cl. The van der Waals surface area contributed by atoms with Crippen molar-refractivity contribution >= 4 is 23.2 Å². The molecule has 0 nitrogen and oxygen atoms in total. The highest BCUT2D eigenvalue weighted by molar-refractivity contribution is 6.31. The van der Waals surface area contributed by atoms with E-state index in [4.69, 9.17) is 23.2 Å². The fraction of sp³-hybridized carbons (Fsp3) is 0.538. The summed E-state index contributed by atoms with van der Waals surface area (Å²) in [5.41, 5.74) is 0.880. The number of halogens is 3. The van der Waals surface area contributed by atoms with Gasteiger partial charge in [0.05, 0.1) is 5.02 Å². The first-order valence-corrected chi connectivity index (χ1v) is 6.48. The van der Waals surface area contributed by atoms with Gasteiger partial charge in [-0.25, -0.2) is 4.39 Å². The summed E-state index contributed by atoms with van der Waals surface area (Å²) in [7, 11) is 0. The van der Waals surface area contributed by atoms with Crippen molar-refractivity contribution in [1.29, 1.82) is 0 Å². The van der Waals surface area contributed by atoms with E-state index in [1.165, 1.54) is 6.07 Å². The molecule has 1 aromatic carbocycles. The molecule has 16 heavy (non-hydrogen) atoms. The molecule has 0 saturated carbocycles. The maximum absolute atomic E-state index is 13.3. The summed E-state index contributed by atoms with van der Waals surface area (Å²) in [6, 6.07) is 4.95. The first-order valence-electron chi connectivity index (χ1n) is 5.57. The van der Waals surface area contributed by atoms with Gasteiger partial charge in [0, 0.05) is 5.88 Å². The highest BCUT2D eigenvalue weighted by Crippen LogP contribution is 2.35. The minimum Gasteiger partial charge on any atom is -0.205 e. The van der Waals surface area contributed by atoms with Gasteiger partial charge in [0.15, 0.2) is 0 Å². The monoisotopic (exact) mass is 262 g/mol. The average Bonchev–Trinajstić information content (AvgIpc) is 2.32. The van der Waals surface area contributed by atoms with E-state index < -0.39 is 0 Å². The Balaban J connectivity index is 2.98. The third-order valence-corrected chi connectivity index (χ3v) is 4.37. The smallest absolute Gasteiger partial charge is 0.142 e. The fourth-order valence-corrected chi connectivity index (χ4v) is 2.49. The Labute approximate surface area is 107 Å². The van der Waals surface area contributed by atoms with Gasteiger partial charge >= 0.3 is 0 Å². The molecule has 0 atom stereocenters. The number of benzene rings is 1. The van der Waals surface area contributed by atoms with Crippen molar-refractivity contribution in [2.75, 3.05) is 5.88 Å². The molecule has 0 saturated heterocycles. The summed E-state index contributed by atoms with van der Waals surface area (Å²) in [6.07, 6.45) is 2.68. The minimum absolute atomic E-state index is 0.0268. The van der Waals surface area contributed by atoms with Crippen molar-refractivity contribution in [2.24, 2.45) is 5.41 Å². The van der Waals surface area contributed by atoms with Gasteiger partial charge in [0.1, 0.15) is 5.82 Å². The molecule has 0 heterocycles. The molecule has 0 aliphatic rings. The summed E-state index contributed by atoms with van der Waals surface area (Å²) in [5, 5.41) is 0.235. The summed E-state index contributed by atoms with van der Waals surface area (Å²) in [5.74, 6) is 0.224. The van der Waals surface area contributed by atoms with E-state index in [9.17, 15) is 4.39 Å². The van der Waals surface area contributed by atoms with Gasteiger partial charge in [-0.3, -0.25) is 0 Å². The molecule has 0 radical (unpaired) electrons. The minimum atomic E-state index is -0.352. The Morgan fingerprint density at radius 3 is 2.38 bits per heavy atom. The molecule has 0 N–H and O–H groups in total. The molecule has 0 aliphatic heterocycles. The van der Waals surface area contributed by atoms with Crippen LogP contribution in [0.5, 0.6) is 0 Å². The Morgan fingerprint density at radius 1 is 1.25 bits per heavy atom. The van der Waals surface area contributed by atoms with Crippen LogP contribution in [0.25, 0.3) is 0 Å². The predicted molar refractivity (Wildman–Crippen MR) is 68.8 cm³/mol. The zero-order valence-corrected chi connectivity index (χ0v) is 11.2. The molecule has 1 rings (SSSR count). The van der Waals surface area contributed by atoms with Gasteiger partial charge in [0.2, 0.25) is 0 Å². The molecule has 0 aliphatic carbocycles. The molecule has 3 heteroatoms. The van der Waals surface area contributed by atoms with Crippen LogP contribution in [-0.4, -0.2) is 5.88 Å². The van der Waals surface area contributed by atoms with Crippen molar-refractivity contribution in [3.05, 3.63) is 34.6 Å². The van der Waals surface area contributed by atoms with Crippen LogP contribution in [-0.2, 0) is 6.42 Å². The maximum atomic E-state index is 13.3.